The molecule has 1 saturated carbocycles. The summed E-state index contributed by atoms with van der Waals surface area (Å²) in [5.41, 5.74) is 0.694. The highest BCUT2D eigenvalue weighted by Gasteiger charge is 2.45. The zero-order chi connectivity index (χ0) is 15.8. The van der Waals surface area contributed by atoms with E-state index in [1.165, 1.54) is 32.1 Å². The van der Waals surface area contributed by atoms with Crippen LogP contribution in [0.2, 0.25) is 0 Å². The first-order valence-corrected chi connectivity index (χ1v) is 8.97. The molecule has 1 aromatic carbocycles. The van der Waals surface area contributed by atoms with E-state index in [4.69, 9.17) is 4.74 Å². The zero-order valence-electron chi connectivity index (χ0n) is 13.8. The Labute approximate surface area is 138 Å². The Morgan fingerprint density at radius 3 is 2.52 bits per heavy atom. The molecule has 3 aliphatic rings. The van der Waals surface area contributed by atoms with Gasteiger partial charge in [0.1, 0.15) is 5.75 Å². The van der Waals surface area contributed by atoms with E-state index >= 15 is 0 Å². The second kappa shape index (κ2) is 6.16. The largest absolute Gasteiger partial charge is 0.497 e. The van der Waals surface area contributed by atoms with Crippen LogP contribution >= 0.6 is 0 Å². The number of piperidine rings is 2. The SMILES string of the molecule is COc1cccc(C(=O)NC2C[C@H]3CCC[C@@H](C2)N3C2CC2)c1. The maximum Gasteiger partial charge on any atom is 0.251 e. The van der Waals surface area contributed by atoms with Crippen LogP contribution in [0.1, 0.15) is 55.3 Å². The summed E-state index contributed by atoms with van der Waals surface area (Å²) in [4.78, 5) is 15.3. The van der Waals surface area contributed by atoms with Crippen molar-refractivity contribution in [2.24, 2.45) is 0 Å². The van der Waals surface area contributed by atoms with Crippen molar-refractivity contribution in [2.75, 3.05) is 7.11 Å². The lowest BCUT2D eigenvalue weighted by Gasteiger charge is -2.49. The quantitative estimate of drug-likeness (QED) is 0.929. The lowest BCUT2D eigenvalue weighted by atomic mass is 9.81. The zero-order valence-corrected chi connectivity index (χ0v) is 13.8. The third-order valence-electron chi connectivity index (χ3n) is 5.67. The Morgan fingerprint density at radius 2 is 1.87 bits per heavy atom. The molecular weight excluding hydrogens is 288 g/mol. The lowest BCUT2D eigenvalue weighted by Crippen LogP contribution is -2.57. The molecule has 4 heteroatoms. The van der Waals surface area contributed by atoms with Crippen LogP contribution < -0.4 is 10.1 Å². The van der Waals surface area contributed by atoms with Gasteiger partial charge in [0.05, 0.1) is 7.11 Å². The van der Waals surface area contributed by atoms with Crippen molar-refractivity contribution in [2.45, 2.75) is 69.1 Å². The van der Waals surface area contributed by atoms with Crippen LogP contribution in [0.3, 0.4) is 0 Å². The Morgan fingerprint density at radius 1 is 1.13 bits per heavy atom. The Bertz CT molecular complexity index is 570. The molecule has 0 spiro atoms. The summed E-state index contributed by atoms with van der Waals surface area (Å²) in [5, 5.41) is 3.27. The number of carbonyl (C=O) groups is 1. The number of rotatable bonds is 4. The summed E-state index contributed by atoms with van der Waals surface area (Å²) in [7, 11) is 1.63. The van der Waals surface area contributed by atoms with Crippen LogP contribution in [0.5, 0.6) is 5.75 Å². The first kappa shape index (κ1) is 15.0. The number of ether oxygens (including phenoxy) is 1. The predicted octanol–water partition coefficient (Wildman–Crippen LogP) is 2.97. The number of hydrogen-bond acceptors (Lipinski definition) is 3. The second-order valence-electron chi connectivity index (χ2n) is 7.29. The molecule has 2 saturated heterocycles. The fourth-order valence-electron chi connectivity index (χ4n) is 4.54. The molecule has 1 aromatic rings. The molecule has 1 N–H and O–H groups in total. The van der Waals surface area contributed by atoms with Gasteiger partial charge in [-0.25, -0.2) is 0 Å². The molecule has 2 aliphatic heterocycles. The molecule has 3 fully saturated rings. The summed E-state index contributed by atoms with van der Waals surface area (Å²) < 4.78 is 5.22. The van der Waals surface area contributed by atoms with Crippen molar-refractivity contribution in [1.82, 2.24) is 10.2 Å². The summed E-state index contributed by atoms with van der Waals surface area (Å²) in [6.45, 7) is 0. The molecule has 23 heavy (non-hydrogen) atoms. The van der Waals surface area contributed by atoms with E-state index < -0.39 is 0 Å². The molecule has 1 amide bonds. The predicted molar refractivity (Wildman–Crippen MR) is 89.8 cm³/mol. The topological polar surface area (TPSA) is 41.6 Å². The highest BCUT2D eigenvalue weighted by molar-refractivity contribution is 5.94. The van der Waals surface area contributed by atoms with Gasteiger partial charge in [0.15, 0.2) is 0 Å². The summed E-state index contributed by atoms with van der Waals surface area (Å²) in [6, 6.07) is 9.96. The number of nitrogens with zero attached hydrogens (tertiary/aromatic N) is 1. The second-order valence-corrected chi connectivity index (χ2v) is 7.29. The molecule has 2 heterocycles. The summed E-state index contributed by atoms with van der Waals surface area (Å²) in [6.07, 6.45) is 8.96. The van der Waals surface area contributed by atoms with Gasteiger partial charge in [-0.15, -0.1) is 0 Å². The highest BCUT2D eigenvalue weighted by atomic mass is 16.5. The van der Waals surface area contributed by atoms with Crippen LogP contribution in [0, 0.1) is 0 Å². The molecule has 3 atom stereocenters. The molecule has 0 radical (unpaired) electrons. The van der Waals surface area contributed by atoms with Gasteiger partial charge < -0.3 is 10.1 Å². The minimum absolute atomic E-state index is 0.0341. The van der Waals surface area contributed by atoms with Gasteiger partial charge in [0.25, 0.3) is 5.91 Å². The maximum atomic E-state index is 12.5. The van der Waals surface area contributed by atoms with Gasteiger partial charge >= 0.3 is 0 Å². The number of methoxy groups -OCH3 is 1. The first-order valence-electron chi connectivity index (χ1n) is 8.97. The minimum atomic E-state index is 0.0341. The fourth-order valence-corrected chi connectivity index (χ4v) is 4.54. The molecule has 2 bridgehead atoms. The smallest absolute Gasteiger partial charge is 0.251 e. The van der Waals surface area contributed by atoms with Gasteiger partial charge in [0.2, 0.25) is 0 Å². The number of fused-ring (bicyclic) bond motifs is 2. The van der Waals surface area contributed by atoms with Crippen LogP contribution in [-0.4, -0.2) is 42.1 Å². The third-order valence-corrected chi connectivity index (χ3v) is 5.67. The number of nitrogens with one attached hydrogen (secondary N) is 1. The van der Waals surface area contributed by atoms with Crippen LogP contribution in [0.4, 0.5) is 0 Å². The van der Waals surface area contributed by atoms with Crippen LogP contribution in [0.25, 0.3) is 0 Å². The number of hydrogen-bond donors (Lipinski definition) is 1. The van der Waals surface area contributed by atoms with E-state index in [0.717, 1.165) is 24.6 Å². The lowest BCUT2D eigenvalue weighted by molar-refractivity contribution is 0.0175. The maximum absolute atomic E-state index is 12.5. The van der Waals surface area contributed by atoms with E-state index in [0.29, 0.717) is 23.7 Å². The first-order chi connectivity index (χ1) is 11.2. The highest BCUT2D eigenvalue weighted by Crippen LogP contribution is 2.41. The van der Waals surface area contributed by atoms with Crippen molar-refractivity contribution in [3.8, 4) is 5.75 Å². The summed E-state index contributed by atoms with van der Waals surface area (Å²) >= 11 is 0. The monoisotopic (exact) mass is 314 g/mol. The Balaban J connectivity index is 1.42. The van der Waals surface area contributed by atoms with E-state index in [2.05, 4.69) is 10.2 Å². The van der Waals surface area contributed by atoms with Crippen molar-refractivity contribution >= 4 is 5.91 Å². The van der Waals surface area contributed by atoms with Crippen LogP contribution in [-0.2, 0) is 0 Å². The van der Waals surface area contributed by atoms with Gasteiger partial charge in [-0.3, -0.25) is 9.69 Å². The fraction of sp³-hybridized carbons (Fsp3) is 0.632. The average Bonchev–Trinajstić information content (AvgIpc) is 3.39. The molecule has 124 valence electrons. The molecule has 4 nitrogen and oxygen atoms in total. The van der Waals surface area contributed by atoms with Crippen molar-refractivity contribution < 1.29 is 9.53 Å². The van der Waals surface area contributed by atoms with Crippen molar-refractivity contribution in [1.29, 1.82) is 0 Å². The van der Waals surface area contributed by atoms with Gasteiger partial charge in [0, 0.05) is 29.7 Å². The average molecular weight is 314 g/mol. The summed E-state index contributed by atoms with van der Waals surface area (Å²) in [5.74, 6) is 0.768. The van der Waals surface area contributed by atoms with Gasteiger partial charge in [-0.05, 0) is 56.7 Å². The molecule has 0 aromatic heterocycles. The molecule has 1 unspecified atom stereocenters. The normalized spacial score (nSPS) is 30.7. The van der Waals surface area contributed by atoms with E-state index in [9.17, 15) is 4.79 Å². The van der Waals surface area contributed by atoms with E-state index in [1.54, 1.807) is 7.11 Å². The van der Waals surface area contributed by atoms with Gasteiger partial charge in [-0.1, -0.05) is 12.5 Å². The number of amides is 1. The molecule has 1 aliphatic carbocycles. The van der Waals surface area contributed by atoms with E-state index in [-0.39, 0.29) is 5.91 Å². The molecule has 4 rings (SSSR count). The Hall–Kier alpha value is -1.55. The standard InChI is InChI=1S/C19H26N2O2/c1-23-18-7-2-4-13(10-18)19(22)20-14-11-16-5-3-6-17(12-14)21(16)15-8-9-15/h2,4,7,10,14-17H,3,5-6,8-9,11-12H2,1H3,(H,20,22)/t14?,16-,17+. The molecular formula is C19H26N2O2. The van der Waals surface area contributed by atoms with Crippen molar-refractivity contribution in [3.63, 3.8) is 0 Å². The Kier molecular flexibility index (Phi) is 4.02. The van der Waals surface area contributed by atoms with Gasteiger partial charge in [-0.2, -0.15) is 0 Å². The van der Waals surface area contributed by atoms with E-state index in [1.807, 2.05) is 24.3 Å². The third kappa shape index (κ3) is 3.09. The number of carbonyl (C=O) groups excluding carboxylic acids is 1. The number of benzene rings is 1. The van der Waals surface area contributed by atoms with Crippen molar-refractivity contribution in [3.05, 3.63) is 29.8 Å². The minimum Gasteiger partial charge on any atom is -0.497 e. The van der Waals surface area contributed by atoms with Crippen LogP contribution in [0.15, 0.2) is 24.3 Å².